The van der Waals surface area contributed by atoms with Gasteiger partial charge in [0.05, 0.1) is 0 Å². The van der Waals surface area contributed by atoms with Crippen LogP contribution in [-0.4, -0.2) is 5.78 Å². The molecule has 0 atom stereocenters. The van der Waals surface area contributed by atoms with Crippen LogP contribution in [0.25, 0.3) is 0 Å². The van der Waals surface area contributed by atoms with Crippen LogP contribution in [-0.2, 0) is 0 Å². The number of hydrogen-bond donors (Lipinski definition) is 1. The summed E-state index contributed by atoms with van der Waals surface area (Å²) in [5, 5.41) is 0.416. The number of nitrogens with two attached hydrogens (primary N) is 1. The van der Waals surface area contributed by atoms with Gasteiger partial charge in [-0.15, -0.1) is 0 Å². The molecule has 0 heterocycles. The molecule has 17 heavy (non-hydrogen) atoms. The number of hydrogen-bond acceptors (Lipinski definition) is 2. The van der Waals surface area contributed by atoms with Crippen LogP contribution in [0.1, 0.15) is 15.9 Å². The van der Waals surface area contributed by atoms with Crippen LogP contribution in [0.5, 0.6) is 0 Å². The third-order valence-corrected chi connectivity index (χ3v) is 2.58. The molecule has 0 fully saturated rings. The van der Waals surface area contributed by atoms with E-state index >= 15 is 0 Å². The molecule has 0 aromatic heterocycles. The zero-order chi connectivity index (χ0) is 12.4. The summed E-state index contributed by atoms with van der Waals surface area (Å²) < 4.78 is 13.0. The molecule has 0 saturated carbocycles. The minimum atomic E-state index is -0.462. The fraction of sp³-hybridized carbons (Fsp3) is 0. The normalized spacial score (nSPS) is 10.2. The Morgan fingerprint density at radius 1 is 1.18 bits per heavy atom. The van der Waals surface area contributed by atoms with E-state index in [-0.39, 0.29) is 16.9 Å². The zero-order valence-corrected chi connectivity index (χ0v) is 9.54. The van der Waals surface area contributed by atoms with E-state index in [1.54, 1.807) is 12.1 Å². The number of benzene rings is 2. The van der Waals surface area contributed by atoms with Crippen molar-refractivity contribution in [3.05, 3.63) is 64.4 Å². The topological polar surface area (TPSA) is 43.1 Å². The quantitative estimate of drug-likeness (QED) is 0.656. The molecule has 86 valence electrons. The van der Waals surface area contributed by atoms with Crippen molar-refractivity contribution < 1.29 is 9.18 Å². The van der Waals surface area contributed by atoms with Gasteiger partial charge in [0.25, 0.3) is 0 Å². The molecule has 0 spiro atoms. The first-order valence-electron chi connectivity index (χ1n) is 4.93. The van der Waals surface area contributed by atoms with Crippen molar-refractivity contribution in [2.75, 3.05) is 5.73 Å². The van der Waals surface area contributed by atoms with Crippen molar-refractivity contribution in [3.63, 3.8) is 0 Å². The van der Waals surface area contributed by atoms with Crippen LogP contribution in [0, 0.1) is 5.82 Å². The highest BCUT2D eigenvalue weighted by Gasteiger charge is 2.13. The molecule has 0 aliphatic rings. The second-order valence-electron chi connectivity index (χ2n) is 3.57. The van der Waals surface area contributed by atoms with E-state index in [0.717, 1.165) is 0 Å². The van der Waals surface area contributed by atoms with E-state index < -0.39 is 5.82 Å². The lowest BCUT2D eigenvalue weighted by molar-refractivity contribution is 0.103. The summed E-state index contributed by atoms with van der Waals surface area (Å²) in [6, 6.07) is 10.1. The lowest BCUT2D eigenvalue weighted by atomic mass is 10.0. The van der Waals surface area contributed by atoms with Crippen LogP contribution in [0.3, 0.4) is 0 Å². The van der Waals surface area contributed by atoms with Crippen molar-refractivity contribution in [2.45, 2.75) is 0 Å². The summed E-state index contributed by atoms with van der Waals surface area (Å²) in [6.07, 6.45) is 0. The lowest BCUT2D eigenvalue weighted by Crippen LogP contribution is -2.05. The van der Waals surface area contributed by atoms with Crippen LogP contribution in [0.15, 0.2) is 42.5 Å². The fourth-order valence-electron chi connectivity index (χ4n) is 1.51. The molecule has 2 aromatic carbocycles. The molecule has 0 aliphatic heterocycles. The number of rotatable bonds is 2. The molecule has 0 radical (unpaired) electrons. The van der Waals surface area contributed by atoms with Gasteiger partial charge in [0.15, 0.2) is 5.78 Å². The van der Waals surface area contributed by atoms with Crippen LogP contribution < -0.4 is 5.73 Å². The number of ketones is 1. The maximum atomic E-state index is 13.0. The molecule has 0 unspecified atom stereocenters. The van der Waals surface area contributed by atoms with E-state index in [2.05, 4.69) is 0 Å². The maximum absolute atomic E-state index is 13.0. The van der Waals surface area contributed by atoms with E-state index in [9.17, 15) is 9.18 Å². The SMILES string of the molecule is Nc1ccc(Cl)cc1C(=O)c1cccc(F)c1. The lowest BCUT2D eigenvalue weighted by Gasteiger charge is -2.05. The molecular weight excluding hydrogens is 241 g/mol. The predicted molar refractivity (Wildman–Crippen MR) is 65.7 cm³/mol. The summed E-state index contributed by atoms with van der Waals surface area (Å²) in [7, 11) is 0. The fourth-order valence-corrected chi connectivity index (χ4v) is 1.68. The average Bonchev–Trinajstić information content (AvgIpc) is 2.31. The Morgan fingerprint density at radius 2 is 1.94 bits per heavy atom. The highest BCUT2D eigenvalue weighted by Crippen LogP contribution is 2.21. The van der Waals surface area contributed by atoms with Crippen molar-refractivity contribution in [3.8, 4) is 0 Å². The molecular formula is C13H9ClFNO. The number of carbonyl (C=O) groups excluding carboxylic acids is 1. The molecule has 0 aliphatic carbocycles. The monoisotopic (exact) mass is 249 g/mol. The Balaban J connectivity index is 2.47. The Bertz CT molecular complexity index is 583. The Labute approximate surface area is 103 Å². The highest BCUT2D eigenvalue weighted by molar-refractivity contribution is 6.31. The smallest absolute Gasteiger partial charge is 0.195 e. The molecule has 2 aromatic rings. The Hall–Kier alpha value is -1.87. The summed E-state index contributed by atoms with van der Waals surface area (Å²) in [5.74, 6) is -0.805. The largest absolute Gasteiger partial charge is 0.398 e. The maximum Gasteiger partial charge on any atom is 0.195 e. The highest BCUT2D eigenvalue weighted by atomic mass is 35.5. The summed E-state index contributed by atoms with van der Waals surface area (Å²) in [5.41, 5.74) is 6.55. The van der Waals surface area contributed by atoms with Gasteiger partial charge in [-0.05, 0) is 30.3 Å². The molecule has 2 nitrogen and oxygen atoms in total. The average molecular weight is 250 g/mol. The molecule has 0 amide bonds. The van der Waals surface area contributed by atoms with Crippen molar-refractivity contribution in [2.24, 2.45) is 0 Å². The van der Waals surface area contributed by atoms with Gasteiger partial charge in [-0.1, -0.05) is 23.7 Å². The van der Waals surface area contributed by atoms with Gasteiger partial charge in [-0.25, -0.2) is 4.39 Å². The van der Waals surface area contributed by atoms with Gasteiger partial charge < -0.3 is 5.73 Å². The molecule has 2 N–H and O–H groups in total. The molecule has 0 saturated heterocycles. The first-order chi connectivity index (χ1) is 8.08. The first kappa shape index (κ1) is 11.6. The second-order valence-corrected chi connectivity index (χ2v) is 4.01. The summed E-state index contributed by atoms with van der Waals surface area (Å²) in [4.78, 5) is 12.1. The molecule has 0 bridgehead atoms. The summed E-state index contributed by atoms with van der Waals surface area (Å²) in [6.45, 7) is 0. The predicted octanol–water partition coefficient (Wildman–Crippen LogP) is 3.29. The van der Waals surface area contributed by atoms with Crippen LogP contribution >= 0.6 is 11.6 Å². The van der Waals surface area contributed by atoms with Gasteiger partial charge in [-0.3, -0.25) is 4.79 Å². The second kappa shape index (κ2) is 4.55. The number of carbonyl (C=O) groups is 1. The van der Waals surface area contributed by atoms with Crippen molar-refractivity contribution in [1.82, 2.24) is 0 Å². The van der Waals surface area contributed by atoms with E-state index in [0.29, 0.717) is 10.7 Å². The Morgan fingerprint density at radius 3 is 2.65 bits per heavy atom. The van der Waals surface area contributed by atoms with E-state index in [1.807, 2.05) is 0 Å². The zero-order valence-electron chi connectivity index (χ0n) is 8.78. The van der Waals surface area contributed by atoms with E-state index in [1.165, 1.54) is 30.3 Å². The molecule has 2 rings (SSSR count). The third-order valence-electron chi connectivity index (χ3n) is 2.35. The minimum absolute atomic E-state index is 0.249. The number of halogens is 2. The van der Waals surface area contributed by atoms with Gasteiger partial charge in [0.2, 0.25) is 0 Å². The van der Waals surface area contributed by atoms with Crippen molar-refractivity contribution in [1.29, 1.82) is 0 Å². The standard InChI is InChI=1S/C13H9ClFNO/c14-9-4-5-12(16)11(7-9)13(17)8-2-1-3-10(15)6-8/h1-7H,16H2. The molecule has 4 heteroatoms. The van der Waals surface area contributed by atoms with Gasteiger partial charge >= 0.3 is 0 Å². The van der Waals surface area contributed by atoms with Gasteiger partial charge in [-0.2, -0.15) is 0 Å². The van der Waals surface area contributed by atoms with Crippen LogP contribution in [0.2, 0.25) is 5.02 Å². The Kier molecular flexibility index (Phi) is 3.11. The van der Waals surface area contributed by atoms with Crippen LogP contribution in [0.4, 0.5) is 10.1 Å². The van der Waals surface area contributed by atoms with Gasteiger partial charge in [0.1, 0.15) is 5.82 Å². The number of anilines is 1. The minimum Gasteiger partial charge on any atom is -0.398 e. The van der Waals surface area contributed by atoms with Crippen molar-refractivity contribution >= 4 is 23.1 Å². The number of nitrogen functional groups attached to an aromatic ring is 1. The van der Waals surface area contributed by atoms with E-state index in [4.69, 9.17) is 17.3 Å². The summed E-state index contributed by atoms with van der Waals surface area (Å²) >= 11 is 5.80. The van der Waals surface area contributed by atoms with Gasteiger partial charge in [0, 0.05) is 21.8 Å². The first-order valence-corrected chi connectivity index (χ1v) is 5.31. The third kappa shape index (κ3) is 2.45.